The van der Waals surface area contributed by atoms with Gasteiger partial charge in [-0.25, -0.2) is 8.42 Å². The molecule has 92 valence electrons. The van der Waals surface area contributed by atoms with Crippen LogP contribution in [0.2, 0.25) is 0 Å². The van der Waals surface area contributed by atoms with E-state index in [1.807, 2.05) is 6.07 Å². The largest absolute Gasteiger partial charge is 0.495 e. The molecule has 0 saturated carbocycles. The first-order chi connectivity index (χ1) is 8.01. The van der Waals surface area contributed by atoms with Gasteiger partial charge in [-0.3, -0.25) is 0 Å². The van der Waals surface area contributed by atoms with Gasteiger partial charge >= 0.3 is 0 Å². The van der Waals surface area contributed by atoms with E-state index >= 15 is 0 Å². The fraction of sp³-hybridized carbons (Fsp3) is 0.364. The summed E-state index contributed by atoms with van der Waals surface area (Å²) >= 11 is 3.23. The smallest absolute Gasteiger partial charge is 0.182 e. The van der Waals surface area contributed by atoms with Crippen molar-refractivity contribution in [2.45, 2.75) is 17.7 Å². The first-order valence-corrected chi connectivity index (χ1v) is 7.39. The zero-order valence-corrected chi connectivity index (χ0v) is 11.7. The van der Waals surface area contributed by atoms with Crippen molar-refractivity contribution < 1.29 is 13.2 Å². The van der Waals surface area contributed by atoms with Crippen molar-refractivity contribution in [3.8, 4) is 11.8 Å². The van der Waals surface area contributed by atoms with Gasteiger partial charge in [0, 0.05) is 10.9 Å². The van der Waals surface area contributed by atoms with Crippen LogP contribution in [0.3, 0.4) is 0 Å². The number of hydrogen-bond acceptors (Lipinski definition) is 4. The van der Waals surface area contributed by atoms with Crippen LogP contribution in [0.5, 0.6) is 5.75 Å². The van der Waals surface area contributed by atoms with Crippen molar-refractivity contribution in [2.24, 2.45) is 0 Å². The van der Waals surface area contributed by atoms with E-state index in [4.69, 9.17) is 10.00 Å². The van der Waals surface area contributed by atoms with Gasteiger partial charge in [0.1, 0.15) is 10.6 Å². The molecular formula is C11H12BrNO3S. The third-order valence-electron chi connectivity index (χ3n) is 2.16. The molecule has 1 aromatic rings. The fourth-order valence-corrected chi connectivity index (χ4v) is 3.37. The molecule has 0 atom stereocenters. The molecule has 1 rings (SSSR count). The maximum Gasteiger partial charge on any atom is 0.182 e. The number of ether oxygens (including phenoxy) is 1. The van der Waals surface area contributed by atoms with E-state index in [2.05, 4.69) is 15.9 Å². The molecule has 0 amide bonds. The summed E-state index contributed by atoms with van der Waals surface area (Å²) < 4.78 is 29.8. The van der Waals surface area contributed by atoms with Crippen molar-refractivity contribution in [3.63, 3.8) is 0 Å². The predicted molar refractivity (Wildman–Crippen MR) is 67.6 cm³/mol. The molecule has 0 fully saturated rings. The number of sulfone groups is 1. The van der Waals surface area contributed by atoms with Crippen LogP contribution >= 0.6 is 15.9 Å². The molecular weight excluding hydrogens is 306 g/mol. The summed E-state index contributed by atoms with van der Waals surface area (Å²) in [5, 5.41) is 8.40. The average Bonchev–Trinajstić information content (AvgIpc) is 2.29. The third kappa shape index (κ3) is 3.72. The highest BCUT2D eigenvalue weighted by molar-refractivity contribution is 9.10. The van der Waals surface area contributed by atoms with Gasteiger partial charge in [-0.1, -0.05) is 15.9 Å². The molecule has 4 nitrogen and oxygen atoms in total. The molecule has 1 aromatic carbocycles. The van der Waals surface area contributed by atoms with Crippen LogP contribution in [0.4, 0.5) is 0 Å². The van der Waals surface area contributed by atoms with Gasteiger partial charge in [-0.05, 0) is 24.6 Å². The standard InChI is InChI=1S/C11H12BrNO3S/c1-16-10-5-4-9(12)8-11(10)17(14,15)7-3-2-6-13/h4-5,8H,2-3,7H2,1H3. The Morgan fingerprint density at radius 2 is 2.18 bits per heavy atom. The number of rotatable bonds is 5. The quantitative estimate of drug-likeness (QED) is 0.783. The summed E-state index contributed by atoms with van der Waals surface area (Å²) in [4.78, 5) is 0.160. The van der Waals surface area contributed by atoms with Crippen LogP contribution in [0.1, 0.15) is 12.8 Å². The van der Waals surface area contributed by atoms with E-state index in [1.54, 1.807) is 12.1 Å². The SMILES string of the molecule is COc1ccc(Br)cc1S(=O)(=O)CCCC#N. The number of methoxy groups -OCH3 is 1. The number of unbranched alkanes of at least 4 members (excludes halogenated alkanes) is 1. The summed E-state index contributed by atoms with van der Waals surface area (Å²) in [5.41, 5.74) is 0. The zero-order chi connectivity index (χ0) is 12.9. The molecule has 0 aromatic heterocycles. The second-order valence-corrected chi connectivity index (χ2v) is 6.37. The van der Waals surface area contributed by atoms with Gasteiger partial charge < -0.3 is 4.74 Å². The summed E-state index contributed by atoms with van der Waals surface area (Å²) in [5.74, 6) is 0.276. The maximum atomic E-state index is 12.0. The fourth-order valence-electron chi connectivity index (χ4n) is 1.34. The van der Waals surface area contributed by atoms with Crippen LogP contribution in [0.25, 0.3) is 0 Å². The van der Waals surface area contributed by atoms with Crippen molar-refractivity contribution in [3.05, 3.63) is 22.7 Å². The highest BCUT2D eigenvalue weighted by Gasteiger charge is 2.19. The lowest BCUT2D eigenvalue weighted by Gasteiger charge is -2.09. The Morgan fingerprint density at radius 1 is 1.47 bits per heavy atom. The Kier molecular flexibility index (Phi) is 4.97. The van der Waals surface area contributed by atoms with Crippen molar-refractivity contribution in [1.82, 2.24) is 0 Å². The summed E-state index contributed by atoms with van der Waals surface area (Å²) in [7, 11) is -1.98. The zero-order valence-electron chi connectivity index (χ0n) is 9.31. The van der Waals surface area contributed by atoms with Gasteiger partial charge in [-0.2, -0.15) is 5.26 Å². The highest BCUT2D eigenvalue weighted by Crippen LogP contribution is 2.28. The van der Waals surface area contributed by atoms with Gasteiger partial charge in [0.2, 0.25) is 0 Å². The Labute approximate surface area is 109 Å². The van der Waals surface area contributed by atoms with Gasteiger partial charge in [0.25, 0.3) is 0 Å². The van der Waals surface area contributed by atoms with Crippen molar-refractivity contribution in [1.29, 1.82) is 5.26 Å². The Hall–Kier alpha value is -1.06. The predicted octanol–water partition coefficient (Wildman–Crippen LogP) is 2.54. The molecule has 0 unspecified atom stereocenters. The molecule has 0 radical (unpaired) electrons. The highest BCUT2D eigenvalue weighted by atomic mass is 79.9. The molecule has 0 heterocycles. The molecule has 6 heteroatoms. The minimum absolute atomic E-state index is 0.0482. The second-order valence-electron chi connectivity index (χ2n) is 3.38. The normalized spacial score (nSPS) is 10.9. The molecule has 0 aliphatic heterocycles. The molecule has 0 spiro atoms. The van der Waals surface area contributed by atoms with Crippen LogP contribution in [-0.2, 0) is 9.84 Å². The molecule has 0 N–H and O–H groups in total. The van der Waals surface area contributed by atoms with Crippen LogP contribution < -0.4 is 4.74 Å². The first-order valence-electron chi connectivity index (χ1n) is 4.94. The maximum absolute atomic E-state index is 12.0. The van der Waals surface area contributed by atoms with Crippen molar-refractivity contribution >= 4 is 25.8 Å². The number of nitriles is 1. The molecule has 0 aliphatic carbocycles. The van der Waals surface area contributed by atoms with E-state index < -0.39 is 9.84 Å². The first kappa shape index (κ1) is 14.0. The van der Waals surface area contributed by atoms with Crippen LogP contribution in [0.15, 0.2) is 27.6 Å². The monoisotopic (exact) mass is 317 g/mol. The molecule has 0 aliphatic rings. The van der Waals surface area contributed by atoms with Crippen molar-refractivity contribution in [2.75, 3.05) is 12.9 Å². The van der Waals surface area contributed by atoms with E-state index in [1.165, 1.54) is 13.2 Å². The Bertz CT molecular complexity index is 534. The van der Waals surface area contributed by atoms with Crippen LogP contribution in [-0.4, -0.2) is 21.3 Å². The number of hydrogen-bond donors (Lipinski definition) is 0. The Morgan fingerprint density at radius 3 is 2.76 bits per heavy atom. The number of halogens is 1. The minimum atomic E-state index is -3.40. The Balaban J connectivity index is 3.05. The lowest BCUT2D eigenvalue weighted by Crippen LogP contribution is -2.08. The van der Waals surface area contributed by atoms with E-state index in [0.29, 0.717) is 16.6 Å². The van der Waals surface area contributed by atoms with Gasteiger partial charge in [0.15, 0.2) is 9.84 Å². The van der Waals surface area contributed by atoms with Crippen LogP contribution in [0, 0.1) is 11.3 Å². The topological polar surface area (TPSA) is 67.2 Å². The van der Waals surface area contributed by atoms with E-state index in [-0.39, 0.29) is 17.1 Å². The van der Waals surface area contributed by atoms with Gasteiger partial charge in [0.05, 0.1) is 18.9 Å². The second kappa shape index (κ2) is 6.03. The average molecular weight is 318 g/mol. The summed E-state index contributed by atoms with van der Waals surface area (Å²) in [6, 6.07) is 6.76. The van der Waals surface area contributed by atoms with E-state index in [0.717, 1.165) is 0 Å². The number of benzene rings is 1. The summed E-state index contributed by atoms with van der Waals surface area (Å²) in [6.07, 6.45) is 0.560. The third-order valence-corrected chi connectivity index (χ3v) is 4.47. The molecule has 0 bridgehead atoms. The van der Waals surface area contributed by atoms with E-state index in [9.17, 15) is 8.42 Å². The molecule has 0 saturated heterocycles. The molecule has 17 heavy (non-hydrogen) atoms. The summed E-state index contributed by atoms with van der Waals surface area (Å²) in [6.45, 7) is 0. The minimum Gasteiger partial charge on any atom is -0.495 e. The number of nitrogens with zero attached hydrogens (tertiary/aromatic N) is 1. The lowest BCUT2D eigenvalue weighted by atomic mass is 10.3. The lowest BCUT2D eigenvalue weighted by molar-refractivity contribution is 0.402. The van der Waals surface area contributed by atoms with Gasteiger partial charge in [-0.15, -0.1) is 0 Å².